The molecule has 1 heterocycles. The lowest BCUT2D eigenvalue weighted by Crippen LogP contribution is -2.40. The normalized spacial score (nSPS) is 27.8. The Hall–Kier alpha value is -3.81. The molecule has 0 saturated carbocycles. The van der Waals surface area contributed by atoms with Gasteiger partial charge in [-0.3, -0.25) is 19.2 Å². The Morgan fingerprint density at radius 1 is 1.03 bits per heavy atom. The summed E-state index contributed by atoms with van der Waals surface area (Å²) in [5.41, 5.74) is 3.86. The molecule has 3 amide bonds. The van der Waals surface area contributed by atoms with Gasteiger partial charge < -0.3 is 9.84 Å². The maximum absolute atomic E-state index is 13.4. The number of ketones is 2. The average Bonchev–Trinajstić information content (AvgIpc) is 3.08. The van der Waals surface area contributed by atoms with E-state index in [1.807, 2.05) is 6.08 Å². The summed E-state index contributed by atoms with van der Waals surface area (Å²) in [5.74, 6) is -4.27. The zero-order valence-corrected chi connectivity index (χ0v) is 19.9. The van der Waals surface area contributed by atoms with Crippen molar-refractivity contribution in [2.75, 3.05) is 7.11 Å². The summed E-state index contributed by atoms with van der Waals surface area (Å²) in [5, 5.41) is 10.3. The van der Waals surface area contributed by atoms with E-state index in [1.54, 1.807) is 32.9 Å². The maximum Gasteiger partial charge on any atom is 0.423 e. The largest absolute Gasteiger partial charge is 0.507 e. The van der Waals surface area contributed by atoms with Gasteiger partial charge in [-0.25, -0.2) is 4.79 Å². The molecule has 3 aliphatic carbocycles. The van der Waals surface area contributed by atoms with Crippen molar-refractivity contribution in [2.45, 2.75) is 39.5 Å². The highest BCUT2D eigenvalue weighted by Gasteiger charge is 2.58. The first-order valence-corrected chi connectivity index (χ1v) is 11.5. The van der Waals surface area contributed by atoms with Crippen molar-refractivity contribution in [1.29, 1.82) is 0 Å². The molecular weight excluding hydrogens is 450 g/mol. The van der Waals surface area contributed by atoms with E-state index in [2.05, 4.69) is 4.74 Å². The van der Waals surface area contributed by atoms with E-state index in [-0.39, 0.29) is 30.2 Å². The Bertz CT molecular complexity index is 1320. The molecule has 1 fully saturated rings. The van der Waals surface area contributed by atoms with Gasteiger partial charge in [-0.2, -0.15) is 4.90 Å². The van der Waals surface area contributed by atoms with Crippen LogP contribution in [0.2, 0.25) is 0 Å². The molecule has 35 heavy (non-hydrogen) atoms. The number of nitrogens with zero attached hydrogens (tertiary/aromatic N) is 1. The van der Waals surface area contributed by atoms with Gasteiger partial charge in [-0.05, 0) is 62.3 Å². The molecule has 180 valence electrons. The summed E-state index contributed by atoms with van der Waals surface area (Å²) in [6.45, 7) is 5.14. The molecule has 0 radical (unpaired) electrons. The van der Waals surface area contributed by atoms with E-state index in [0.717, 1.165) is 18.2 Å². The van der Waals surface area contributed by atoms with E-state index in [4.69, 9.17) is 0 Å². The molecule has 4 atom stereocenters. The molecule has 4 aliphatic rings. The first-order valence-electron chi connectivity index (χ1n) is 11.5. The Morgan fingerprint density at radius 3 is 2.31 bits per heavy atom. The number of Topliss-reactive ketones (excluding diaryl/α,β-unsaturated/α-hetero) is 1. The summed E-state index contributed by atoms with van der Waals surface area (Å²) in [6.07, 6.45) is 2.56. The van der Waals surface area contributed by atoms with Crippen LogP contribution in [0.4, 0.5) is 4.79 Å². The molecular formula is C27H25NO7. The van der Waals surface area contributed by atoms with Crippen LogP contribution in [-0.4, -0.2) is 46.6 Å². The van der Waals surface area contributed by atoms with Crippen LogP contribution < -0.4 is 0 Å². The zero-order chi connectivity index (χ0) is 25.3. The van der Waals surface area contributed by atoms with Crippen molar-refractivity contribution in [3.63, 3.8) is 0 Å². The van der Waals surface area contributed by atoms with Gasteiger partial charge in [0.15, 0.2) is 11.6 Å². The number of likely N-dealkylation sites (tertiary alicyclic amines) is 1. The van der Waals surface area contributed by atoms with E-state index in [0.29, 0.717) is 32.7 Å². The number of carbonyl (C=O) groups excluding carboxylic acids is 5. The lowest BCUT2D eigenvalue weighted by Gasteiger charge is -2.42. The Balaban J connectivity index is 1.70. The van der Waals surface area contributed by atoms with Gasteiger partial charge in [0.2, 0.25) is 11.8 Å². The second-order valence-electron chi connectivity index (χ2n) is 9.71. The van der Waals surface area contributed by atoms with Crippen LogP contribution in [0.5, 0.6) is 5.75 Å². The van der Waals surface area contributed by atoms with Crippen LogP contribution in [0.1, 0.15) is 42.4 Å². The number of imide groups is 3. The van der Waals surface area contributed by atoms with Gasteiger partial charge in [0.25, 0.3) is 0 Å². The molecule has 1 aromatic rings. The van der Waals surface area contributed by atoms with Gasteiger partial charge in [0, 0.05) is 22.6 Å². The van der Waals surface area contributed by atoms with Crippen molar-refractivity contribution in [3.05, 3.63) is 63.3 Å². The number of rotatable bonds is 1. The first-order chi connectivity index (χ1) is 16.6. The first kappa shape index (κ1) is 23.0. The van der Waals surface area contributed by atoms with E-state index < -0.39 is 41.6 Å². The lowest BCUT2D eigenvalue weighted by atomic mass is 9.59. The van der Waals surface area contributed by atoms with Gasteiger partial charge in [0.1, 0.15) is 5.75 Å². The molecule has 8 heteroatoms. The zero-order valence-electron chi connectivity index (χ0n) is 19.9. The Kier molecular flexibility index (Phi) is 5.16. The number of benzene rings is 1. The van der Waals surface area contributed by atoms with Gasteiger partial charge >= 0.3 is 6.09 Å². The molecule has 1 aromatic carbocycles. The molecule has 0 aromatic heterocycles. The minimum atomic E-state index is -1.02. The van der Waals surface area contributed by atoms with Crippen molar-refractivity contribution >= 4 is 29.5 Å². The van der Waals surface area contributed by atoms with Crippen molar-refractivity contribution in [3.8, 4) is 5.75 Å². The van der Waals surface area contributed by atoms with Gasteiger partial charge in [-0.15, -0.1) is 0 Å². The molecule has 1 aliphatic heterocycles. The highest BCUT2D eigenvalue weighted by atomic mass is 16.5. The summed E-state index contributed by atoms with van der Waals surface area (Å²) in [4.78, 5) is 65.5. The second kappa shape index (κ2) is 7.86. The minimum Gasteiger partial charge on any atom is -0.507 e. The number of ether oxygens (including phenoxy) is 1. The van der Waals surface area contributed by atoms with Crippen LogP contribution in [0.15, 0.2) is 46.6 Å². The van der Waals surface area contributed by atoms with E-state index >= 15 is 0 Å². The fourth-order valence-electron chi connectivity index (χ4n) is 6.17. The van der Waals surface area contributed by atoms with Crippen molar-refractivity contribution in [2.24, 2.45) is 17.8 Å². The summed E-state index contributed by atoms with van der Waals surface area (Å²) in [6, 6.07) is 3.58. The number of phenolic OH excluding ortho intramolecular Hbond substituents is 1. The quantitative estimate of drug-likeness (QED) is 0.376. The molecule has 0 bridgehead atoms. The topological polar surface area (TPSA) is 118 Å². The number of aryl methyl sites for hydroxylation is 2. The van der Waals surface area contributed by atoms with Crippen molar-refractivity contribution in [1.82, 2.24) is 4.90 Å². The number of methoxy groups -OCH3 is 1. The number of hydrogen-bond acceptors (Lipinski definition) is 7. The number of amides is 3. The number of phenols is 1. The Morgan fingerprint density at radius 2 is 1.69 bits per heavy atom. The highest BCUT2D eigenvalue weighted by molar-refractivity contribution is 6.24. The lowest BCUT2D eigenvalue weighted by molar-refractivity contribution is -0.137. The van der Waals surface area contributed by atoms with Gasteiger partial charge in [0.05, 0.1) is 18.9 Å². The number of carbonyl (C=O) groups is 5. The number of fused-ring (bicyclic) bond motifs is 3. The predicted octanol–water partition coefficient (Wildman–Crippen LogP) is 3.20. The molecule has 1 N–H and O–H groups in total. The molecule has 1 saturated heterocycles. The van der Waals surface area contributed by atoms with E-state index in [1.165, 1.54) is 6.08 Å². The third kappa shape index (κ3) is 3.16. The maximum atomic E-state index is 13.4. The van der Waals surface area contributed by atoms with Crippen LogP contribution in [0.3, 0.4) is 0 Å². The number of allylic oxidation sites excluding steroid dienone is 6. The summed E-state index contributed by atoms with van der Waals surface area (Å²) < 4.78 is 4.66. The summed E-state index contributed by atoms with van der Waals surface area (Å²) >= 11 is 0. The van der Waals surface area contributed by atoms with Crippen LogP contribution in [0.25, 0.3) is 0 Å². The van der Waals surface area contributed by atoms with Crippen LogP contribution in [0, 0.1) is 31.6 Å². The predicted molar refractivity (Wildman–Crippen MR) is 123 cm³/mol. The van der Waals surface area contributed by atoms with Crippen LogP contribution >= 0.6 is 0 Å². The minimum absolute atomic E-state index is 0.136. The molecule has 5 rings (SSSR count). The standard InChI is InChI=1S/C27H25NO7/c1-11-7-14(8-12(2)23(11)30)20-15-5-6-16-21(26(33)28(25(16)32)27(34)35-4)17(15)10-18-19(29)9-13(3)24(31)22(18)20/h5,7-9,16-17,20-21,30H,6,10H2,1-4H3. The van der Waals surface area contributed by atoms with E-state index in [9.17, 15) is 29.1 Å². The summed E-state index contributed by atoms with van der Waals surface area (Å²) in [7, 11) is 1.11. The molecule has 8 nitrogen and oxygen atoms in total. The van der Waals surface area contributed by atoms with Gasteiger partial charge in [-0.1, -0.05) is 23.8 Å². The average molecular weight is 475 g/mol. The fraction of sp³-hybridized carbons (Fsp3) is 0.370. The van der Waals surface area contributed by atoms with Crippen LogP contribution in [-0.2, 0) is 23.9 Å². The third-order valence-corrected chi connectivity index (χ3v) is 7.77. The SMILES string of the molecule is COC(=O)N1C(=O)C2CC=C3C(c4cc(C)c(O)c(C)c4)C4=C(CC3C2C1=O)C(=O)C=C(C)C4=O. The molecule has 4 unspecified atom stereocenters. The number of aromatic hydroxyl groups is 1. The van der Waals surface area contributed by atoms with Crippen molar-refractivity contribution < 1.29 is 33.8 Å². The number of hydrogen-bond donors (Lipinski definition) is 1. The monoisotopic (exact) mass is 475 g/mol. The Labute approximate surface area is 201 Å². The second-order valence-corrected chi connectivity index (χ2v) is 9.71. The smallest absolute Gasteiger partial charge is 0.423 e. The molecule has 0 spiro atoms. The fourth-order valence-corrected chi connectivity index (χ4v) is 6.17. The third-order valence-electron chi connectivity index (χ3n) is 7.77. The highest BCUT2D eigenvalue weighted by Crippen LogP contribution is 2.55.